The summed E-state index contributed by atoms with van der Waals surface area (Å²) in [7, 11) is 0. The molecule has 3 fully saturated rings. The number of fused-ring (bicyclic) bond motifs is 4. The van der Waals surface area contributed by atoms with Gasteiger partial charge in [-0.25, -0.2) is 0 Å². The quantitative estimate of drug-likeness (QED) is 0.839. The molecule has 0 spiro atoms. The molecule has 5 heterocycles. The number of anilines is 1. The van der Waals surface area contributed by atoms with Crippen molar-refractivity contribution in [2.45, 2.75) is 13.0 Å². The van der Waals surface area contributed by atoms with E-state index in [1.165, 1.54) is 32.7 Å². The van der Waals surface area contributed by atoms with Crippen LogP contribution in [0.25, 0.3) is 5.65 Å². The van der Waals surface area contributed by atoms with Gasteiger partial charge in [-0.15, -0.1) is 15.3 Å². The van der Waals surface area contributed by atoms with Gasteiger partial charge in [0.05, 0.1) is 0 Å². The molecule has 3 aliphatic rings. The standard InChI is InChI=1S/C13H19N7/c1-10-15-16-13-3-2-12(17-20(10)13)14-8-11-9-18-4-6-19(11)7-5-18/h2-3,11H,4-9H2,1H3,(H,14,17). The number of hydrogen-bond donors (Lipinski definition) is 1. The van der Waals surface area contributed by atoms with Crippen LogP contribution in [0.2, 0.25) is 0 Å². The maximum Gasteiger partial charge on any atom is 0.178 e. The fraction of sp³-hybridized carbons (Fsp3) is 0.615. The van der Waals surface area contributed by atoms with E-state index in [0.29, 0.717) is 6.04 Å². The van der Waals surface area contributed by atoms with E-state index in [1.54, 1.807) is 4.52 Å². The third-order valence-corrected chi connectivity index (χ3v) is 4.33. The molecule has 1 N–H and O–H groups in total. The minimum Gasteiger partial charge on any atom is -0.367 e. The predicted octanol–water partition coefficient (Wildman–Crippen LogP) is -0.156. The van der Waals surface area contributed by atoms with E-state index in [-0.39, 0.29) is 0 Å². The number of rotatable bonds is 3. The van der Waals surface area contributed by atoms with Crippen LogP contribution < -0.4 is 5.32 Å². The minimum absolute atomic E-state index is 0.594. The number of nitrogens with zero attached hydrogens (tertiary/aromatic N) is 6. The average molecular weight is 273 g/mol. The third-order valence-electron chi connectivity index (χ3n) is 4.33. The third kappa shape index (κ3) is 2.03. The Morgan fingerprint density at radius 1 is 1.20 bits per heavy atom. The van der Waals surface area contributed by atoms with Gasteiger partial charge in [0.2, 0.25) is 0 Å². The van der Waals surface area contributed by atoms with Crippen molar-refractivity contribution in [3.8, 4) is 0 Å². The Kier molecular flexibility index (Phi) is 2.82. The van der Waals surface area contributed by atoms with E-state index in [0.717, 1.165) is 23.8 Å². The van der Waals surface area contributed by atoms with Gasteiger partial charge in [0.15, 0.2) is 11.5 Å². The van der Waals surface area contributed by atoms with Crippen LogP contribution in [0.1, 0.15) is 5.82 Å². The van der Waals surface area contributed by atoms with Crippen molar-refractivity contribution >= 4 is 11.5 Å². The van der Waals surface area contributed by atoms with E-state index in [1.807, 2.05) is 19.1 Å². The summed E-state index contributed by atoms with van der Waals surface area (Å²) < 4.78 is 1.78. The van der Waals surface area contributed by atoms with Crippen LogP contribution in [0.3, 0.4) is 0 Å². The van der Waals surface area contributed by atoms with Crippen LogP contribution in [-0.4, -0.2) is 74.9 Å². The first kappa shape index (κ1) is 12.0. The lowest BCUT2D eigenvalue weighted by Gasteiger charge is -2.47. The predicted molar refractivity (Wildman–Crippen MR) is 75.8 cm³/mol. The topological polar surface area (TPSA) is 61.6 Å². The highest BCUT2D eigenvalue weighted by molar-refractivity contribution is 5.43. The Morgan fingerprint density at radius 3 is 2.80 bits per heavy atom. The van der Waals surface area contributed by atoms with Crippen molar-refractivity contribution in [2.24, 2.45) is 0 Å². The maximum atomic E-state index is 4.53. The van der Waals surface area contributed by atoms with Crippen molar-refractivity contribution in [1.29, 1.82) is 0 Å². The first-order chi connectivity index (χ1) is 9.79. The van der Waals surface area contributed by atoms with Crippen LogP contribution in [0.5, 0.6) is 0 Å². The van der Waals surface area contributed by atoms with E-state index in [4.69, 9.17) is 0 Å². The molecule has 1 unspecified atom stereocenters. The largest absolute Gasteiger partial charge is 0.367 e. The maximum absolute atomic E-state index is 4.53. The van der Waals surface area contributed by atoms with Crippen LogP contribution in [0.15, 0.2) is 12.1 Å². The van der Waals surface area contributed by atoms with Crippen LogP contribution >= 0.6 is 0 Å². The normalized spacial score (nSPS) is 28.9. The molecule has 3 saturated heterocycles. The van der Waals surface area contributed by atoms with Gasteiger partial charge in [-0.1, -0.05) is 0 Å². The van der Waals surface area contributed by atoms with E-state index in [2.05, 4.69) is 30.4 Å². The number of nitrogens with one attached hydrogen (secondary N) is 1. The summed E-state index contributed by atoms with van der Waals surface area (Å²) >= 11 is 0. The Labute approximate surface area is 117 Å². The molecule has 0 amide bonds. The van der Waals surface area contributed by atoms with Gasteiger partial charge in [0.25, 0.3) is 0 Å². The molecule has 5 rings (SSSR count). The molecule has 1 atom stereocenters. The zero-order valence-corrected chi connectivity index (χ0v) is 11.7. The molecule has 7 nitrogen and oxygen atoms in total. The second-order valence-electron chi connectivity index (χ2n) is 5.61. The van der Waals surface area contributed by atoms with Crippen LogP contribution in [-0.2, 0) is 0 Å². The molecule has 2 aromatic rings. The first-order valence-electron chi connectivity index (χ1n) is 7.19. The lowest BCUT2D eigenvalue weighted by Crippen LogP contribution is -2.62. The molecular weight excluding hydrogens is 254 g/mol. The highest BCUT2D eigenvalue weighted by atomic mass is 15.4. The van der Waals surface area contributed by atoms with Crippen molar-refractivity contribution in [3.05, 3.63) is 18.0 Å². The summed E-state index contributed by atoms with van der Waals surface area (Å²) in [6, 6.07) is 4.52. The second kappa shape index (κ2) is 4.68. The fourth-order valence-electron chi connectivity index (χ4n) is 3.13. The van der Waals surface area contributed by atoms with Crippen molar-refractivity contribution in [3.63, 3.8) is 0 Å². The smallest absolute Gasteiger partial charge is 0.178 e. The van der Waals surface area contributed by atoms with Crippen molar-refractivity contribution < 1.29 is 0 Å². The lowest BCUT2D eigenvalue weighted by molar-refractivity contribution is 0.0189. The summed E-state index contributed by atoms with van der Waals surface area (Å²) in [5.74, 6) is 1.70. The van der Waals surface area contributed by atoms with Crippen LogP contribution in [0, 0.1) is 6.92 Å². The zero-order chi connectivity index (χ0) is 13.5. The Balaban J connectivity index is 1.46. The number of piperazine rings is 3. The summed E-state index contributed by atoms with van der Waals surface area (Å²) in [5, 5.41) is 16.1. The van der Waals surface area contributed by atoms with Crippen molar-refractivity contribution in [1.82, 2.24) is 29.6 Å². The fourth-order valence-corrected chi connectivity index (χ4v) is 3.13. The van der Waals surface area contributed by atoms with Crippen molar-refractivity contribution in [2.75, 3.05) is 44.6 Å². The molecule has 0 aliphatic carbocycles. The number of aromatic nitrogens is 4. The molecule has 0 saturated carbocycles. The summed E-state index contributed by atoms with van der Waals surface area (Å²) in [4.78, 5) is 5.13. The first-order valence-corrected chi connectivity index (χ1v) is 7.19. The van der Waals surface area contributed by atoms with Gasteiger partial charge < -0.3 is 5.32 Å². The van der Waals surface area contributed by atoms with Gasteiger partial charge in [-0.3, -0.25) is 9.80 Å². The van der Waals surface area contributed by atoms with E-state index < -0.39 is 0 Å². The molecule has 2 aromatic heterocycles. The Hall–Kier alpha value is -1.73. The zero-order valence-electron chi connectivity index (χ0n) is 11.7. The van der Waals surface area contributed by atoms with Gasteiger partial charge in [0.1, 0.15) is 5.82 Å². The van der Waals surface area contributed by atoms with Gasteiger partial charge in [-0.05, 0) is 19.1 Å². The average Bonchev–Trinajstić information content (AvgIpc) is 2.87. The molecule has 7 heteroatoms. The number of hydrogen-bond acceptors (Lipinski definition) is 6. The van der Waals surface area contributed by atoms with Crippen LogP contribution in [0.4, 0.5) is 5.82 Å². The Morgan fingerprint density at radius 2 is 2.05 bits per heavy atom. The minimum atomic E-state index is 0.594. The van der Waals surface area contributed by atoms with Gasteiger partial charge >= 0.3 is 0 Å². The molecule has 20 heavy (non-hydrogen) atoms. The second-order valence-corrected chi connectivity index (χ2v) is 5.61. The molecule has 3 aliphatic heterocycles. The van der Waals surface area contributed by atoms with Gasteiger partial charge in [-0.2, -0.15) is 4.52 Å². The summed E-state index contributed by atoms with van der Waals surface area (Å²) in [6.45, 7) is 8.86. The van der Waals surface area contributed by atoms with E-state index >= 15 is 0 Å². The molecule has 2 bridgehead atoms. The lowest BCUT2D eigenvalue weighted by atomic mass is 10.1. The molecule has 0 aromatic carbocycles. The highest BCUT2D eigenvalue weighted by Gasteiger charge is 2.31. The highest BCUT2D eigenvalue weighted by Crippen LogP contribution is 2.16. The summed E-state index contributed by atoms with van der Waals surface area (Å²) in [6.07, 6.45) is 0. The van der Waals surface area contributed by atoms with Gasteiger partial charge in [0, 0.05) is 45.3 Å². The molecule has 106 valence electrons. The van der Waals surface area contributed by atoms with E-state index in [9.17, 15) is 0 Å². The molecular formula is C13H19N7. The summed E-state index contributed by atoms with van der Waals surface area (Å²) in [5.41, 5.74) is 0.791. The SMILES string of the molecule is Cc1nnc2ccc(NCC3CN4CCN3CC4)nn12. The molecule has 0 radical (unpaired) electrons. The Bertz CT molecular complexity index is 614. The number of aryl methyl sites for hydroxylation is 1. The monoisotopic (exact) mass is 273 g/mol.